The van der Waals surface area contributed by atoms with E-state index in [0.29, 0.717) is 22.6 Å². The normalized spacial score (nSPS) is 12.0. The molecule has 0 N–H and O–H groups in total. The number of hydrogen-bond acceptors (Lipinski definition) is 2. The fourth-order valence-electron chi connectivity index (χ4n) is 4.80. The van der Waals surface area contributed by atoms with Gasteiger partial charge in [0.2, 0.25) is 0 Å². The summed E-state index contributed by atoms with van der Waals surface area (Å²) in [4.78, 5) is 17.5. The Morgan fingerprint density at radius 1 is 0.912 bits per heavy atom. The molecule has 0 aliphatic rings. The molecule has 3 aromatic rings. The van der Waals surface area contributed by atoms with Crippen LogP contribution in [0, 0.1) is 0 Å². The molecule has 1 heterocycles. The minimum absolute atomic E-state index is 0. The summed E-state index contributed by atoms with van der Waals surface area (Å²) >= 11 is 6.66. The predicted octanol–water partition coefficient (Wildman–Crippen LogP) is 9.04. The molecule has 0 bridgehead atoms. The van der Waals surface area contributed by atoms with E-state index in [1.807, 2.05) is 18.2 Å². The molecular formula is C28H37ClNOP2Ru. The van der Waals surface area contributed by atoms with E-state index in [1.54, 1.807) is 0 Å². The summed E-state index contributed by atoms with van der Waals surface area (Å²) in [7, 11) is -0.829. The summed E-state index contributed by atoms with van der Waals surface area (Å²) in [6.45, 7) is 18.1. The first kappa shape index (κ1) is 29.6. The molecule has 6 heteroatoms. The minimum atomic E-state index is -0.650. The van der Waals surface area contributed by atoms with Gasteiger partial charge in [0.15, 0.2) is 0 Å². The van der Waals surface area contributed by atoms with Crippen LogP contribution in [0.15, 0.2) is 36.4 Å². The molecule has 0 aliphatic heterocycles. The molecule has 0 saturated carbocycles. The van der Waals surface area contributed by atoms with Crippen molar-refractivity contribution in [3.05, 3.63) is 52.5 Å². The zero-order valence-corrected chi connectivity index (χ0v) is 25.9. The van der Waals surface area contributed by atoms with E-state index in [1.165, 1.54) is 5.56 Å². The van der Waals surface area contributed by atoms with Crippen molar-refractivity contribution in [3.63, 3.8) is 0 Å². The van der Waals surface area contributed by atoms with E-state index in [4.69, 9.17) is 16.6 Å². The van der Waals surface area contributed by atoms with Gasteiger partial charge in [0.1, 0.15) is 5.94 Å². The third-order valence-electron chi connectivity index (χ3n) is 6.24. The Bertz CT molecular complexity index is 1190. The van der Waals surface area contributed by atoms with Crippen LogP contribution in [-0.2, 0) is 30.4 Å². The molecule has 185 valence electrons. The third-order valence-corrected chi connectivity index (χ3v) is 13.0. The zero-order chi connectivity index (χ0) is 24.4. The Kier molecular flexibility index (Phi) is 10.9. The quantitative estimate of drug-likeness (QED) is 0.112. The van der Waals surface area contributed by atoms with Crippen LogP contribution < -0.4 is 0 Å². The second-order valence-corrected chi connectivity index (χ2v) is 17.0. The molecule has 0 aliphatic carbocycles. The summed E-state index contributed by atoms with van der Waals surface area (Å²) in [5.41, 5.74) is 6.14. The zero-order valence-electron chi connectivity index (χ0n) is 21.5. The van der Waals surface area contributed by atoms with Crippen LogP contribution in [0.5, 0.6) is 0 Å². The molecule has 0 saturated heterocycles. The Morgan fingerprint density at radius 2 is 1.53 bits per heavy atom. The van der Waals surface area contributed by atoms with Crippen LogP contribution in [0.2, 0.25) is 5.02 Å². The van der Waals surface area contributed by atoms with Gasteiger partial charge in [0, 0.05) is 16.3 Å². The van der Waals surface area contributed by atoms with Crippen molar-refractivity contribution in [2.75, 3.05) is 0 Å². The van der Waals surface area contributed by atoms with Crippen LogP contribution in [0.3, 0.4) is 0 Å². The first-order valence-electron chi connectivity index (χ1n) is 11.9. The van der Waals surface area contributed by atoms with Gasteiger partial charge in [0.25, 0.3) is 0 Å². The van der Waals surface area contributed by atoms with E-state index in [0.717, 1.165) is 43.9 Å². The van der Waals surface area contributed by atoms with E-state index in [2.05, 4.69) is 79.5 Å². The molecule has 0 radical (unpaired) electrons. The molecule has 0 atom stereocenters. The van der Waals surface area contributed by atoms with Crippen molar-refractivity contribution in [1.82, 2.24) is 4.98 Å². The molecule has 1 aromatic heterocycles. The van der Waals surface area contributed by atoms with Gasteiger partial charge in [-0.1, -0.05) is 107 Å². The number of pyridine rings is 1. The maximum absolute atomic E-state index is 12.3. The maximum atomic E-state index is 12.3. The average molecular weight is 602 g/mol. The fraction of sp³-hybridized carbons (Fsp3) is 0.464. The van der Waals surface area contributed by atoms with Crippen molar-refractivity contribution in [2.24, 2.45) is 0 Å². The Labute approximate surface area is 225 Å². The van der Waals surface area contributed by atoms with Gasteiger partial charge in [-0.25, -0.2) is 9.78 Å². The van der Waals surface area contributed by atoms with Gasteiger partial charge in [-0.3, -0.25) is 0 Å². The number of carbonyl (C=O) groups excluding carboxylic acids is 1. The van der Waals surface area contributed by atoms with Gasteiger partial charge < -0.3 is 0 Å². The number of benzene rings is 2. The molecule has 0 amide bonds. The van der Waals surface area contributed by atoms with Gasteiger partial charge in [-0.15, -0.1) is 0 Å². The Hall–Kier alpha value is -0.667. The Morgan fingerprint density at radius 3 is 2.06 bits per heavy atom. The topological polar surface area (TPSA) is 30.0 Å². The van der Waals surface area contributed by atoms with E-state index >= 15 is 0 Å². The molecule has 34 heavy (non-hydrogen) atoms. The number of rotatable bonds is 8. The summed E-state index contributed by atoms with van der Waals surface area (Å²) in [5.74, 6) is 2.34. The van der Waals surface area contributed by atoms with Gasteiger partial charge in [-0.05, 0) is 46.5 Å². The van der Waals surface area contributed by atoms with Crippen LogP contribution in [0.1, 0.15) is 66.5 Å². The monoisotopic (exact) mass is 602 g/mol. The standard InChI is InChI=1S/C28H36ClNOP2.Ru.H/c1-17(2)32(18(3)4)16-22-12-13-25(29)24-14-21-10-9-11-23(27(21)30-28(22)24)26(15-31)33(19(5)6)20(7)8;;/h9-14,17-20H,16H2,1-8H3;;. The van der Waals surface area contributed by atoms with Gasteiger partial charge >= 0.3 is 19.5 Å². The number of halogens is 1. The predicted molar refractivity (Wildman–Crippen MR) is 153 cm³/mol. The van der Waals surface area contributed by atoms with E-state index < -0.39 is 7.92 Å². The van der Waals surface area contributed by atoms with Crippen LogP contribution in [-0.4, -0.2) is 33.6 Å². The van der Waals surface area contributed by atoms with Crippen molar-refractivity contribution in [2.45, 2.75) is 84.2 Å². The van der Waals surface area contributed by atoms with Gasteiger partial charge in [0.05, 0.1) is 21.4 Å². The van der Waals surface area contributed by atoms with Crippen LogP contribution in [0.4, 0.5) is 0 Å². The van der Waals surface area contributed by atoms with Crippen molar-refractivity contribution in [3.8, 4) is 0 Å². The van der Waals surface area contributed by atoms with Gasteiger partial charge in [-0.2, -0.15) is 0 Å². The fourth-order valence-corrected chi connectivity index (χ4v) is 10.4. The molecule has 2 nitrogen and oxygen atoms in total. The van der Waals surface area contributed by atoms with Crippen molar-refractivity contribution < 1.29 is 24.3 Å². The molecule has 0 fully saturated rings. The number of fused-ring (bicyclic) bond motifs is 2. The van der Waals surface area contributed by atoms with Crippen molar-refractivity contribution >= 4 is 60.5 Å². The second-order valence-electron chi connectivity index (χ2n) is 9.87. The number of hydrogen-bond donors (Lipinski definition) is 0. The molecule has 0 unspecified atom stereocenters. The molecule has 0 spiro atoms. The molecular weight excluding hydrogens is 565 g/mol. The molecule has 2 aromatic carbocycles. The summed E-state index contributed by atoms with van der Waals surface area (Å²) in [5, 5.41) is 3.53. The van der Waals surface area contributed by atoms with Crippen LogP contribution >= 0.6 is 27.4 Å². The summed E-state index contributed by atoms with van der Waals surface area (Å²) in [6, 6.07) is 12.4. The van der Waals surface area contributed by atoms with Crippen molar-refractivity contribution in [1.29, 1.82) is 0 Å². The number of nitrogens with zero attached hydrogens (tertiary/aromatic N) is 1. The summed E-state index contributed by atoms with van der Waals surface area (Å²) < 4.78 is 0. The van der Waals surface area contributed by atoms with E-state index in [9.17, 15) is 4.79 Å². The summed E-state index contributed by atoms with van der Waals surface area (Å²) in [6.07, 6.45) is 1.03. The SMILES string of the molecule is CC(C)P(Cc1ccc(Cl)c2cc3cccc(C(=C=O)P(C(C)C)C(C)C)c3nc12)C(C)C.[RuH]. The molecule has 3 rings (SSSR count). The first-order chi connectivity index (χ1) is 15.6. The van der Waals surface area contributed by atoms with Crippen LogP contribution in [0.25, 0.3) is 27.1 Å². The third kappa shape index (κ3) is 6.17. The first-order valence-corrected chi connectivity index (χ1v) is 15.4. The Balaban J connectivity index is 0.00000408. The number of para-hydroxylation sites is 1. The average Bonchev–Trinajstić information content (AvgIpc) is 2.74. The number of aromatic nitrogens is 1. The van der Waals surface area contributed by atoms with E-state index in [-0.39, 0.29) is 27.4 Å². The second kappa shape index (κ2) is 12.5.